The van der Waals surface area contributed by atoms with Gasteiger partial charge in [-0.3, -0.25) is 0 Å². The summed E-state index contributed by atoms with van der Waals surface area (Å²) in [6.07, 6.45) is 4.69. The van der Waals surface area contributed by atoms with Crippen molar-refractivity contribution >= 4 is 0 Å². The molecule has 1 heterocycles. The predicted octanol–water partition coefficient (Wildman–Crippen LogP) is 1.98. The zero-order valence-electron chi connectivity index (χ0n) is 12.0. The van der Waals surface area contributed by atoms with Crippen molar-refractivity contribution in [3.63, 3.8) is 0 Å². The second-order valence-corrected chi connectivity index (χ2v) is 4.80. The van der Waals surface area contributed by atoms with Gasteiger partial charge in [0.2, 0.25) is 0 Å². The summed E-state index contributed by atoms with van der Waals surface area (Å²) in [6.45, 7) is 9.16. The summed E-state index contributed by atoms with van der Waals surface area (Å²) < 4.78 is 16.8. The molecule has 2 unspecified atom stereocenters. The first-order valence-electron chi connectivity index (χ1n) is 7.39. The lowest BCUT2D eigenvalue weighted by Gasteiger charge is -2.32. The average molecular weight is 259 g/mol. The van der Waals surface area contributed by atoms with Crippen LogP contribution in [0.1, 0.15) is 39.5 Å². The van der Waals surface area contributed by atoms with Crippen molar-refractivity contribution < 1.29 is 14.2 Å². The van der Waals surface area contributed by atoms with Gasteiger partial charge in [-0.15, -0.1) is 0 Å². The Bertz CT molecular complexity index is 190. The second kappa shape index (κ2) is 10.7. The second-order valence-electron chi connectivity index (χ2n) is 4.80. The molecule has 1 rings (SSSR count). The van der Waals surface area contributed by atoms with Gasteiger partial charge in [0.15, 0.2) is 0 Å². The smallest absolute Gasteiger partial charge is 0.0962 e. The van der Waals surface area contributed by atoms with Crippen LogP contribution in [0.25, 0.3) is 0 Å². The van der Waals surface area contributed by atoms with Crippen LogP contribution in [0.2, 0.25) is 0 Å². The molecule has 0 amide bonds. The number of hydrogen-bond donors (Lipinski definition) is 1. The largest absolute Gasteiger partial charge is 0.379 e. The molecule has 0 spiro atoms. The highest BCUT2D eigenvalue weighted by molar-refractivity contribution is 4.80. The lowest BCUT2D eigenvalue weighted by Crippen LogP contribution is -2.48. The molecule has 18 heavy (non-hydrogen) atoms. The Morgan fingerprint density at radius 2 is 2.06 bits per heavy atom. The lowest BCUT2D eigenvalue weighted by molar-refractivity contribution is -0.0811. The normalized spacial score (nSPS) is 24.3. The van der Waals surface area contributed by atoms with E-state index >= 15 is 0 Å². The molecule has 1 fully saturated rings. The molecule has 108 valence electrons. The standard InChI is InChI=1S/C14H29NO3/c1-3-5-8-16-10-11-18-14-12-17-9-6-13(14)15-7-4-2/h13-15H,3-12H2,1-2H3. The summed E-state index contributed by atoms with van der Waals surface area (Å²) in [5, 5.41) is 3.54. The van der Waals surface area contributed by atoms with Crippen LogP contribution >= 0.6 is 0 Å². The Morgan fingerprint density at radius 1 is 1.17 bits per heavy atom. The van der Waals surface area contributed by atoms with Crippen molar-refractivity contribution in [2.24, 2.45) is 0 Å². The van der Waals surface area contributed by atoms with Crippen LogP contribution in [0.4, 0.5) is 0 Å². The molecular formula is C14H29NO3. The minimum atomic E-state index is 0.181. The molecule has 1 aliphatic heterocycles. The molecule has 0 radical (unpaired) electrons. The zero-order valence-corrected chi connectivity index (χ0v) is 12.0. The third kappa shape index (κ3) is 6.69. The van der Waals surface area contributed by atoms with Crippen molar-refractivity contribution in [2.45, 2.75) is 51.7 Å². The Balaban J connectivity index is 2.09. The summed E-state index contributed by atoms with van der Waals surface area (Å²) in [5.74, 6) is 0. The molecule has 1 N–H and O–H groups in total. The Morgan fingerprint density at radius 3 is 2.83 bits per heavy atom. The van der Waals surface area contributed by atoms with Gasteiger partial charge < -0.3 is 19.5 Å². The molecular weight excluding hydrogens is 230 g/mol. The van der Waals surface area contributed by atoms with Crippen LogP contribution in [-0.2, 0) is 14.2 Å². The van der Waals surface area contributed by atoms with Gasteiger partial charge in [0.1, 0.15) is 0 Å². The molecule has 0 bridgehead atoms. The highest BCUT2D eigenvalue weighted by Gasteiger charge is 2.25. The van der Waals surface area contributed by atoms with E-state index in [0.29, 0.717) is 25.9 Å². The minimum absolute atomic E-state index is 0.181. The van der Waals surface area contributed by atoms with E-state index in [2.05, 4.69) is 19.2 Å². The van der Waals surface area contributed by atoms with Crippen molar-refractivity contribution in [1.82, 2.24) is 5.32 Å². The van der Waals surface area contributed by atoms with Crippen molar-refractivity contribution in [3.05, 3.63) is 0 Å². The van der Waals surface area contributed by atoms with Gasteiger partial charge in [0.05, 0.1) is 25.9 Å². The van der Waals surface area contributed by atoms with Crippen molar-refractivity contribution in [3.8, 4) is 0 Å². The van der Waals surface area contributed by atoms with E-state index < -0.39 is 0 Å². The van der Waals surface area contributed by atoms with E-state index in [1.54, 1.807) is 0 Å². The van der Waals surface area contributed by atoms with Crippen LogP contribution in [0.15, 0.2) is 0 Å². The van der Waals surface area contributed by atoms with E-state index in [-0.39, 0.29) is 6.10 Å². The molecule has 1 aliphatic rings. The quantitative estimate of drug-likeness (QED) is 0.609. The summed E-state index contributed by atoms with van der Waals surface area (Å²) in [6, 6.07) is 0.439. The van der Waals surface area contributed by atoms with Gasteiger partial charge in [-0.2, -0.15) is 0 Å². The lowest BCUT2D eigenvalue weighted by atomic mass is 10.1. The van der Waals surface area contributed by atoms with Crippen LogP contribution in [-0.4, -0.2) is 51.7 Å². The third-order valence-electron chi connectivity index (χ3n) is 3.16. The first-order valence-corrected chi connectivity index (χ1v) is 7.39. The molecule has 0 saturated carbocycles. The first kappa shape index (κ1) is 15.9. The number of rotatable bonds is 10. The Labute approximate surface area is 111 Å². The first-order chi connectivity index (χ1) is 8.88. The molecule has 0 aromatic rings. The summed E-state index contributed by atoms with van der Waals surface area (Å²) in [4.78, 5) is 0. The van der Waals surface area contributed by atoms with E-state index in [0.717, 1.165) is 39.0 Å². The fourth-order valence-corrected chi connectivity index (χ4v) is 2.05. The molecule has 4 nitrogen and oxygen atoms in total. The number of nitrogens with one attached hydrogen (secondary N) is 1. The van der Waals surface area contributed by atoms with Gasteiger partial charge in [-0.1, -0.05) is 20.3 Å². The highest BCUT2D eigenvalue weighted by atomic mass is 16.6. The molecule has 0 aromatic carbocycles. The zero-order chi connectivity index (χ0) is 13.1. The molecule has 0 aromatic heterocycles. The molecule has 2 atom stereocenters. The molecule has 1 saturated heterocycles. The van der Waals surface area contributed by atoms with Crippen LogP contribution in [0, 0.1) is 0 Å². The van der Waals surface area contributed by atoms with E-state index in [1.165, 1.54) is 6.42 Å². The SMILES string of the molecule is CCCCOCCOC1COCCC1NCCC. The molecule has 4 heteroatoms. The van der Waals surface area contributed by atoms with Crippen LogP contribution in [0.5, 0.6) is 0 Å². The highest BCUT2D eigenvalue weighted by Crippen LogP contribution is 2.11. The van der Waals surface area contributed by atoms with Gasteiger partial charge >= 0.3 is 0 Å². The third-order valence-corrected chi connectivity index (χ3v) is 3.16. The number of hydrogen-bond acceptors (Lipinski definition) is 4. The Hall–Kier alpha value is -0.160. The maximum atomic E-state index is 5.86. The van der Waals surface area contributed by atoms with Gasteiger partial charge in [0, 0.05) is 19.3 Å². The van der Waals surface area contributed by atoms with E-state index in [9.17, 15) is 0 Å². The number of ether oxygens (including phenoxy) is 3. The molecule has 0 aliphatic carbocycles. The van der Waals surface area contributed by atoms with Gasteiger partial charge in [0.25, 0.3) is 0 Å². The summed E-state index contributed by atoms with van der Waals surface area (Å²) >= 11 is 0. The average Bonchev–Trinajstić information content (AvgIpc) is 2.41. The fourth-order valence-electron chi connectivity index (χ4n) is 2.05. The predicted molar refractivity (Wildman–Crippen MR) is 73.0 cm³/mol. The van der Waals surface area contributed by atoms with Crippen LogP contribution in [0.3, 0.4) is 0 Å². The van der Waals surface area contributed by atoms with Crippen molar-refractivity contribution in [2.75, 3.05) is 39.6 Å². The van der Waals surface area contributed by atoms with E-state index in [4.69, 9.17) is 14.2 Å². The monoisotopic (exact) mass is 259 g/mol. The van der Waals surface area contributed by atoms with Gasteiger partial charge in [-0.25, -0.2) is 0 Å². The number of unbranched alkanes of at least 4 members (excludes halogenated alkanes) is 1. The Kier molecular flexibility index (Phi) is 9.48. The van der Waals surface area contributed by atoms with Gasteiger partial charge in [-0.05, 0) is 25.8 Å². The van der Waals surface area contributed by atoms with Crippen LogP contribution < -0.4 is 5.32 Å². The fraction of sp³-hybridized carbons (Fsp3) is 1.00. The topological polar surface area (TPSA) is 39.7 Å². The summed E-state index contributed by atoms with van der Waals surface area (Å²) in [7, 11) is 0. The summed E-state index contributed by atoms with van der Waals surface area (Å²) in [5.41, 5.74) is 0. The maximum Gasteiger partial charge on any atom is 0.0962 e. The maximum absolute atomic E-state index is 5.86. The minimum Gasteiger partial charge on any atom is -0.379 e. The van der Waals surface area contributed by atoms with Crippen molar-refractivity contribution in [1.29, 1.82) is 0 Å². The van der Waals surface area contributed by atoms with E-state index in [1.807, 2.05) is 0 Å².